The van der Waals surface area contributed by atoms with E-state index in [1.165, 1.54) is 0 Å². The van der Waals surface area contributed by atoms with Crippen LogP contribution in [0.3, 0.4) is 0 Å². The lowest BCUT2D eigenvalue weighted by atomic mass is 10.1. The van der Waals surface area contributed by atoms with Gasteiger partial charge in [-0.25, -0.2) is 4.79 Å². The highest BCUT2D eigenvalue weighted by Gasteiger charge is 2.33. The molecule has 1 aromatic carbocycles. The number of hydrogen-bond acceptors (Lipinski definition) is 3. The molecule has 0 bridgehead atoms. The maximum absolute atomic E-state index is 11.9. The zero-order chi connectivity index (χ0) is 12.5. The monoisotopic (exact) mass is 235 g/mol. The van der Waals surface area contributed by atoms with Crippen molar-refractivity contribution >= 4 is 17.4 Å². The van der Waals surface area contributed by atoms with Crippen molar-refractivity contribution in [1.29, 1.82) is 0 Å². The predicted octanol–water partition coefficient (Wildman–Crippen LogP) is 1.26. The van der Waals surface area contributed by atoms with Gasteiger partial charge in [-0.05, 0) is 31.5 Å². The van der Waals surface area contributed by atoms with E-state index in [2.05, 4.69) is 5.32 Å². The fourth-order valence-corrected chi connectivity index (χ4v) is 1.94. The Balaban J connectivity index is 1.98. The molecule has 2 rings (SSSR count). The minimum absolute atomic E-state index is 0.201. The molecule has 1 fully saturated rings. The fraction of sp³-hybridized carbons (Fsp3) is 0.417. The molecular weight excluding hydrogens is 218 g/mol. The number of aliphatic hydroxyl groups is 1. The second kappa shape index (κ2) is 4.25. The third-order valence-corrected chi connectivity index (χ3v) is 2.88. The van der Waals surface area contributed by atoms with E-state index in [0.29, 0.717) is 30.9 Å². The minimum Gasteiger partial charge on any atom is -0.399 e. The van der Waals surface area contributed by atoms with Crippen molar-refractivity contribution in [3.8, 4) is 0 Å². The van der Waals surface area contributed by atoms with Gasteiger partial charge in [-0.2, -0.15) is 0 Å². The van der Waals surface area contributed by atoms with Crippen molar-refractivity contribution < 1.29 is 9.90 Å². The first-order chi connectivity index (χ1) is 7.96. The molecule has 17 heavy (non-hydrogen) atoms. The van der Waals surface area contributed by atoms with E-state index < -0.39 is 5.60 Å². The van der Waals surface area contributed by atoms with Gasteiger partial charge in [0.05, 0.1) is 12.1 Å². The third-order valence-electron chi connectivity index (χ3n) is 2.88. The van der Waals surface area contributed by atoms with Crippen LogP contribution in [-0.4, -0.2) is 34.7 Å². The highest BCUT2D eigenvalue weighted by molar-refractivity contribution is 5.90. The molecule has 5 heteroatoms. The zero-order valence-corrected chi connectivity index (χ0v) is 9.81. The van der Waals surface area contributed by atoms with Gasteiger partial charge in [-0.3, -0.25) is 0 Å². The van der Waals surface area contributed by atoms with Crippen LogP contribution in [0.5, 0.6) is 0 Å². The number of benzene rings is 1. The minimum atomic E-state index is -0.771. The Bertz CT molecular complexity index is 432. The molecule has 0 spiro atoms. The van der Waals surface area contributed by atoms with Crippen molar-refractivity contribution in [2.75, 3.05) is 24.1 Å². The first kappa shape index (κ1) is 11.7. The van der Waals surface area contributed by atoms with Crippen LogP contribution in [0.15, 0.2) is 24.3 Å². The normalized spacial score (nSPS) is 23.8. The molecular formula is C12H17N3O2. The van der Waals surface area contributed by atoms with Crippen LogP contribution >= 0.6 is 0 Å². The van der Waals surface area contributed by atoms with Gasteiger partial charge in [0.25, 0.3) is 0 Å². The molecule has 2 amide bonds. The van der Waals surface area contributed by atoms with Crippen LogP contribution in [0.4, 0.5) is 16.2 Å². The first-order valence-corrected chi connectivity index (χ1v) is 5.60. The number of β-amino-alcohol motifs (C(OH)–C–C–N with tert-alkyl or cyclic N) is 1. The van der Waals surface area contributed by atoms with Crippen LogP contribution < -0.4 is 11.1 Å². The lowest BCUT2D eigenvalue weighted by molar-refractivity contribution is 0.0727. The SMILES string of the molecule is CC1(O)CCN(C(=O)Nc2cccc(N)c2)C1. The summed E-state index contributed by atoms with van der Waals surface area (Å²) in [5.74, 6) is 0. The number of nitrogens with zero attached hydrogens (tertiary/aromatic N) is 1. The standard InChI is InChI=1S/C12H17N3O2/c1-12(17)5-6-15(8-12)11(16)14-10-4-2-3-9(13)7-10/h2-4,7,17H,5-6,8,13H2,1H3,(H,14,16). The number of hydrogen-bond donors (Lipinski definition) is 3. The molecule has 1 aliphatic rings. The van der Waals surface area contributed by atoms with Gasteiger partial charge in [0.2, 0.25) is 0 Å². The van der Waals surface area contributed by atoms with Crippen LogP contribution in [0.1, 0.15) is 13.3 Å². The molecule has 1 aromatic rings. The summed E-state index contributed by atoms with van der Waals surface area (Å²) >= 11 is 0. The number of nitrogens with two attached hydrogens (primary N) is 1. The number of rotatable bonds is 1. The Kier molecular flexibility index (Phi) is 2.93. The molecule has 1 aliphatic heterocycles. The molecule has 1 heterocycles. The third kappa shape index (κ3) is 2.88. The Morgan fingerprint density at radius 3 is 2.94 bits per heavy atom. The number of likely N-dealkylation sites (tertiary alicyclic amines) is 1. The van der Waals surface area contributed by atoms with E-state index in [4.69, 9.17) is 5.73 Å². The Morgan fingerprint density at radius 1 is 1.59 bits per heavy atom. The lowest BCUT2D eigenvalue weighted by Gasteiger charge is -2.19. The lowest BCUT2D eigenvalue weighted by Crippen LogP contribution is -2.36. The molecule has 0 radical (unpaired) electrons. The van der Waals surface area contributed by atoms with Gasteiger partial charge in [0.1, 0.15) is 0 Å². The highest BCUT2D eigenvalue weighted by Crippen LogP contribution is 2.21. The average molecular weight is 235 g/mol. The van der Waals surface area contributed by atoms with E-state index in [-0.39, 0.29) is 6.03 Å². The molecule has 1 atom stereocenters. The predicted molar refractivity (Wildman–Crippen MR) is 66.7 cm³/mol. The molecule has 92 valence electrons. The molecule has 1 unspecified atom stereocenters. The number of nitrogens with one attached hydrogen (secondary N) is 1. The molecule has 0 aliphatic carbocycles. The number of anilines is 2. The first-order valence-electron chi connectivity index (χ1n) is 5.60. The molecule has 0 aromatic heterocycles. The largest absolute Gasteiger partial charge is 0.399 e. The van der Waals surface area contributed by atoms with E-state index in [0.717, 1.165) is 0 Å². The van der Waals surface area contributed by atoms with Crippen LogP contribution in [0.2, 0.25) is 0 Å². The van der Waals surface area contributed by atoms with E-state index in [9.17, 15) is 9.90 Å². The Labute approximate surface area is 100 Å². The Morgan fingerprint density at radius 2 is 2.35 bits per heavy atom. The second-order valence-electron chi connectivity index (χ2n) is 4.72. The maximum atomic E-state index is 11.9. The molecule has 1 saturated heterocycles. The van der Waals surface area contributed by atoms with Crippen molar-refractivity contribution in [1.82, 2.24) is 4.90 Å². The summed E-state index contributed by atoms with van der Waals surface area (Å²) in [4.78, 5) is 13.5. The smallest absolute Gasteiger partial charge is 0.321 e. The van der Waals surface area contributed by atoms with Gasteiger partial charge >= 0.3 is 6.03 Å². The van der Waals surface area contributed by atoms with Crippen LogP contribution in [0, 0.1) is 0 Å². The summed E-state index contributed by atoms with van der Waals surface area (Å²) in [5.41, 5.74) is 6.13. The fourth-order valence-electron chi connectivity index (χ4n) is 1.94. The van der Waals surface area contributed by atoms with Crippen molar-refractivity contribution in [3.63, 3.8) is 0 Å². The van der Waals surface area contributed by atoms with Gasteiger partial charge in [-0.1, -0.05) is 6.07 Å². The summed E-state index contributed by atoms with van der Waals surface area (Å²) in [5, 5.41) is 12.5. The van der Waals surface area contributed by atoms with Gasteiger partial charge < -0.3 is 21.1 Å². The molecule has 0 saturated carbocycles. The number of carbonyl (C=O) groups is 1. The van der Waals surface area contributed by atoms with Crippen LogP contribution in [0.25, 0.3) is 0 Å². The second-order valence-corrected chi connectivity index (χ2v) is 4.72. The number of nitrogen functional groups attached to an aromatic ring is 1. The van der Waals surface area contributed by atoms with Gasteiger partial charge in [-0.15, -0.1) is 0 Å². The molecule has 4 N–H and O–H groups in total. The number of urea groups is 1. The van der Waals surface area contributed by atoms with Gasteiger partial charge in [0.15, 0.2) is 0 Å². The summed E-state index contributed by atoms with van der Waals surface area (Å²) in [6, 6.07) is 6.82. The summed E-state index contributed by atoms with van der Waals surface area (Å²) in [6.07, 6.45) is 0.608. The van der Waals surface area contributed by atoms with Gasteiger partial charge in [0, 0.05) is 17.9 Å². The highest BCUT2D eigenvalue weighted by atomic mass is 16.3. The Hall–Kier alpha value is -1.75. The number of amides is 2. The summed E-state index contributed by atoms with van der Waals surface area (Å²) in [7, 11) is 0. The average Bonchev–Trinajstić information content (AvgIpc) is 2.59. The zero-order valence-electron chi connectivity index (χ0n) is 9.81. The summed E-state index contributed by atoms with van der Waals surface area (Å²) < 4.78 is 0. The van der Waals surface area contributed by atoms with E-state index in [1.54, 1.807) is 36.1 Å². The van der Waals surface area contributed by atoms with Crippen molar-refractivity contribution in [3.05, 3.63) is 24.3 Å². The quantitative estimate of drug-likeness (QED) is 0.641. The van der Waals surface area contributed by atoms with Crippen LogP contribution in [-0.2, 0) is 0 Å². The van der Waals surface area contributed by atoms with E-state index >= 15 is 0 Å². The van der Waals surface area contributed by atoms with Crippen molar-refractivity contribution in [2.24, 2.45) is 0 Å². The van der Waals surface area contributed by atoms with E-state index in [1.807, 2.05) is 0 Å². The maximum Gasteiger partial charge on any atom is 0.321 e. The van der Waals surface area contributed by atoms with Crippen molar-refractivity contribution in [2.45, 2.75) is 18.9 Å². The topological polar surface area (TPSA) is 78.6 Å². The number of carbonyl (C=O) groups excluding carboxylic acids is 1. The molecule has 5 nitrogen and oxygen atoms in total. The summed E-state index contributed by atoms with van der Waals surface area (Å²) in [6.45, 7) is 2.67.